The van der Waals surface area contributed by atoms with Gasteiger partial charge in [-0.2, -0.15) is 0 Å². The molecule has 2 rings (SSSR count). The van der Waals surface area contributed by atoms with Gasteiger partial charge in [-0.3, -0.25) is 0 Å². The van der Waals surface area contributed by atoms with Gasteiger partial charge in [0.2, 0.25) is 0 Å². The highest BCUT2D eigenvalue weighted by atomic mass is 15.2. The van der Waals surface area contributed by atoms with Crippen molar-refractivity contribution in [3.05, 3.63) is 11.9 Å². The van der Waals surface area contributed by atoms with E-state index in [1.807, 2.05) is 7.05 Å². The molecule has 1 aliphatic rings. The molecule has 0 amide bonds. The first-order valence-corrected chi connectivity index (χ1v) is 7.14. The molecule has 0 saturated carbocycles. The van der Waals surface area contributed by atoms with Gasteiger partial charge in [0, 0.05) is 32.6 Å². The minimum absolute atomic E-state index is 0.938. The summed E-state index contributed by atoms with van der Waals surface area (Å²) in [6, 6.07) is 2.07. The first kappa shape index (κ1) is 13.1. The Balaban J connectivity index is 2.21. The number of nitrogens with zero attached hydrogens (tertiary/aromatic N) is 3. The summed E-state index contributed by atoms with van der Waals surface area (Å²) in [6.45, 7) is 4.43. The summed E-state index contributed by atoms with van der Waals surface area (Å²) in [7, 11) is 1.92. The van der Waals surface area contributed by atoms with E-state index in [1.54, 1.807) is 0 Å². The van der Waals surface area contributed by atoms with E-state index >= 15 is 0 Å². The van der Waals surface area contributed by atoms with Crippen LogP contribution in [0.1, 0.15) is 44.9 Å². The molecule has 1 fully saturated rings. The second kappa shape index (κ2) is 6.57. The van der Waals surface area contributed by atoms with Crippen LogP contribution in [0.3, 0.4) is 0 Å². The quantitative estimate of drug-likeness (QED) is 0.889. The van der Waals surface area contributed by atoms with Gasteiger partial charge in [-0.05, 0) is 19.3 Å². The summed E-state index contributed by atoms with van der Waals surface area (Å²) in [5.41, 5.74) is 0. The summed E-state index contributed by atoms with van der Waals surface area (Å²) in [4.78, 5) is 11.6. The van der Waals surface area contributed by atoms with E-state index in [9.17, 15) is 0 Å². The van der Waals surface area contributed by atoms with Crippen LogP contribution in [0.5, 0.6) is 0 Å². The molecule has 2 heterocycles. The molecule has 0 aliphatic carbocycles. The second-order valence-corrected chi connectivity index (χ2v) is 4.93. The zero-order chi connectivity index (χ0) is 12.8. The minimum atomic E-state index is 0.938. The average molecular weight is 248 g/mol. The topological polar surface area (TPSA) is 41.1 Å². The standard InChI is InChI=1S/C14H24N4/c1-3-8-12-16-13(15-2)11-14(17-12)18-9-6-4-5-7-10-18/h11H,3-10H2,1-2H3,(H,15,16,17). The fourth-order valence-electron chi connectivity index (χ4n) is 2.41. The Kier molecular flexibility index (Phi) is 4.79. The van der Waals surface area contributed by atoms with Gasteiger partial charge >= 0.3 is 0 Å². The van der Waals surface area contributed by atoms with Gasteiger partial charge in [0.15, 0.2) is 0 Å². The molecular weight excluding hydrogens is 224 g/mol. The van der Waals surface area contributed by atoms with Gasteiger partial charge in [-0.15, -0.1) is 0 Å². The van der Waals surface area contributed by atoms with Crippen LogP contribution in [0.4, 0.5) is 11.6 Å². The zero-order valence-corrected chi connectivity index (χ0v) is 11.6. The van der Waals surface area contributed by atoms with Gasteiger partial charge in [0.25, 0.3) is 0 Å². The highest BCUT2D eigenvalue weighted by molar-refractivity contribution is 5.49. The predicted octanol–water partition coefficient (Wildman–Crippen LogP) is 2.85. The first-order chi connectivity index (χ1) is 8.83. The van der Waals surface area contributed by atoms with Gasteiger partial charge in [-0.1, -0.05) is 19.8 Å². The number of rotatable bonds is 4. The molecule has 0 aromatic carbocycles. The normalized spacial score (nSPS) is 16.4. The van der Waals surface area contributed by atoms with Crippen LogP contribution in [0.25, 0.3) is 0 Å². The van der Waals surface area contributed by atoms with Crippen molar-refractivity contribution in [1.29, 1.82) is 0 Å². The number of aryl methyl sites for hydroxylation is 1. The number of hydrogen-bond acceptors (Lipinski definition) is 4. The average Bonchev–Trinajstić information content (AvgIpc) is 2.67. The monoisotopic (exact) mass is 248 g/mol. The van der Waals surface area contributed by atoms with E-state index in [4.69, 9.17) is 4.98 Å². The van der Waals surface area contributed by atoms with Crippen molar-refractivity contribution in [2.24, 2.45) is 0 Å². The molecule has 18 heavy (non-hydrogen) atoms. The lowest BCUT2D eigenvalue weighted by Crippen LogP contribution is -2.25. The maximum Gasteiger partial charge on any atom is 0.134 e. The summed E-state index contributed by atoms with van der Waals surface area (Å²) >= 11 is 0. The molecule has 0 atom stereocenters. The third-order valence-electron chi connectivity index (χ3n) is 3.42. The SMILES string of the molecule is CCCc1nc(NC)cc(N2CCCCCC2)n1. The third-order valence-corrected chi connectivity index (χ3v) is 3.42. The van der Waals surface area contributed by atoms with Gasteiger partial charge < -0.3 is 10.2 Å². The van der Waals surface area contributed by atoms with Gasteiger partial charge in [-0.25, -0.2) is 9.97 Å². The Morgan fingerprint density at radius 2 is 1.89 bits per heavy atom. The zero-order valence-electron chi connectivity index (χ0n) is 11.6. The molecule has 4 heteroatoms. The largest absolute Gasteiger partial charge is 0.373 e. The molecule has 1 N–H and O–H groups in total. The smallest absolute Gasteiger partial charge is 0.134 e. The maximum atomic E-state index is 4.71. The Morgan fingerprint density at radius 1 is 1.17 bits per heavy atom. The number of nitrogens with one attached hydrogen (secondary N) is 1. The number of anilines is 2. The van der Waals surface area contributed by atoms with Crippen LogP contribution < -0.4 is 10.2 Å². The fourth-order valence-corrected chi connectivity index (χ4v) is 2.41. The maximum absolute atomic E-state index is 4.71. The fraction of sp³-hybridized carbons (Fsp3) is 0.714. The lowest BCUT2D eigenvalue weighted by molar-refractivity contribution is 0.726. The van der Waals surface area contributed by atoms with E-state index in [0.29, 0.717) is 0 Å². The summed E-state index contributed by atoms with van der Waals surface area (Å²) in [5.74, 6) is 3.00. The van der Waals surface area contributed by atoms with Gasteiger partial charge in [0.05, 0.1) is 0 Å². The van der Waals surface area contributed by atoms with Crippen molar-refractivity contribution in [2.45, 2.75) is 45.4 Å². The lowest BCUT2D eigenvalue weighted by Gasteiger charge is -2.22. The molecule has 1 aromatic heterocycles. The molecule has 0 radical (unpaired) electrons. The molecule has 1 saturated heterocycles. The molecule has 0 spiro atoms. The van der Waals surface area contributed by atoms with Crippen LogP contribution in [-0.2, 0) is 6.42 Å². The summed E-state index contributed by atoms with van der Waals surface area (Å²) in [5, 5.41) is 3.14. The second-order valence-electron chi connectivity index (χ2n) is 4.93. The minimum Gasteiger partial charge on any atom is -0.373 e. The van der Waals surface area contributed by atoms with Crippen LogP contribution in [0, 0.1) is 0 Å². The molecular formula is C14H24N4. The van der Waals surface area contributed by atoms with Crippen molar-refractivity contribution >= 4 is 11.6 Å². The Bertz CT molecular complexity index is 370. The van der Waals surface area contributed by atoms with E-state index < -0.39 is 0 Å². The number of aromatic nitrogens is 2. The van der Waals surface area contributed by atoms with Gasteiger partial charge in [0.1, 0.15) is 17.5 Å². The first-order valence-electron chi connectivity index (χ1n) is 7.14. The van der Waals surface area contributed by atoms with E-state index in [-0.39, 0.29) is 0 Å². The molecule has 0 unspecified atom stereocenters. The van der Waals surface area contributed by atoms with Crippen molar-refractivity contribution in [1.82, 2.24) is 9.97 Å². The van der Waals surface area contributed by atoms with Crippen LogP contribution >= 0.6 is 0 Å². The van der Waals surface area contributed by atoms with Crippen molar-refractivity contribution < 1.29 is 0 Å². The Labute approximate surface area is 110 Å². The predicted molar refractivity (Wildman–Crippen MR) is 76.3 cm³/mol. The lowest BCUT2D eigenvalue weighted by atomic mass is 10.2. The molecule has 4 nitrogen and oxygen atoms in total. The van der Waals surface area contributed by atoms with Crippen molar-refractivity contribution in [2.75, 3.05) is 30.4 Å². The highest BCUT2D eigenvalue weighted by Crippen LogP contribution is 2.20. The van der Waals surface area contributed by atoms with E-state index in [2.05, 4.69) is 28.2 Å². The highest BCUT2D eigenvalue weighted by Gasteiger charge is 2.13. The molecule has 0 bridgehead atoms. The van der Waals surface area contributed by atoms with E-state index in [1.165, 1.54) is 25.7 Å². The Morgan fingerprint density at radius 3 is 2.50 bits per heavy atom. The van der Waals surface area contributed by atoms with Crippen LogP contribution in [0.2, 0.25) is 0 Å². The summed E-state index contributed by atoms with van der Waals surface area (Å²) < 4.78 is 0. The van der Waals surface area contributed by atoms with Crippen LogP contribution in [0.15, 0.2) is 6.07 Å². The van der Waals surface area contributed by atoms with Crippen molar-refractivity contribution in [3.8, 4) is 0 Å². The van der Waals surface area contributed by atoms with E-state index in [0.717, 1.165) is 43.4 Å². The third kappa shape index (κ3) is 3.34. The molecule has 1 aromatic rings. The molecule has 1 aliphatic heterocycles. The Hall–Kier alpha value is -1.32. The summed E-state index contributed by atoms with van der Waals surface area (Å²) in [6.07, 6.45) is 7.30. The van der Waals surface area contributed by atoms with Crippen molar-refractivity contribution in [3.63, 3.8) is 0 Å². The van der Waals surface area contributed by atoms with Crippen LogP contribution in [-0.4, -0.2) is 30.1 Å². The molecule has 100 valence electrons. The number of hydrogen-bond donors (Lipinski definition) is 1.